The van der Waals surface area contributed by atoms with E-state index in [1.165, 1.54) is 21.2 Å². The second-order valence-electron chi connectivity index (χ2n) is 22.4. The quantitative estimate of drug-likeness (QED) is 0.0482. The van der Waals surface area contributed by atoms with Crippen molar-refractivity contribution >= 4 is 84.0 Å². The maximum absolute atomic E-state index is 8.54. The Hall–Kier alpha value is -7.75. The first-order valence-corrected chi connectivity index (χ1v) is 36.2. The van der Waals surface area contributed by atoms with Gasteiger partial charge < -0.3 is 19.5 Å². The van der Waals surface area contributed by atoms with E-state index in [9.17, 15) is 0 Å². The monoisotopic (exact) mass is 1250 g/mol. The van der Waals surface area contributed by atoms with Crippen molar-refractivity contribution in [3.8, 4) is 56.0 Å². The summed E-state index contributed by atoms with van der Waals surface area (Å²) in [6, 6.07) is 63.8. The van der Waals surface area contributed by atoms with Gasteiger partial charge in [0.1, 0.15) is 24.8 Å². The van der Waals surface area contributed by atoms with E-state index in [1.807, 2.05) is 64.2 Å². The average Bonchev–Trinajstić information content (AvgIpc) is 4.40. The fourth-order valence-corrected chi connectivity index (χ4v) is 11.0. The molecule has 3 N–H and O–H groups in total. The third-order valence-corrected chi connectivity index (χ3v) is 17.6. The molecule has 12 rings (SSSR count). The number of hydrogen-bond donors (Lipinski definition) is 3. The van der Waals surface area contributed by atoms with E-state index >= 15 is 0 Å². The Balaban J connectivity index is 0.000000140. The SMILES string of the molecule is C[Si](C)(C)CCOCn1nc(-c2ccccc2)c2cc(-c3cccnc3)ccc21.C[Si](C)(C)CCOCn1nc(-c2ccccc2)c2cc(I)ccc21.OB(O)c1cccnc1.c1ccc(-c2n[nH]c3ccc(-c4cccnc4)cc23)cc1. The standard InChI is InChI=1S/C24H27N3OSi.C19H23IN2OSi.C18H13N3.C5H6BNO2/c1-29(2,3)15-14-28-18-27-23-12-11-20(21-10-7-13-25-17-21)16-22(23)24(26-27)19-8-5-4-6-9-19;1-24(2,3)12-11-23-14-22-18-10-9-16(20)13-17(18)19(21-22)15-7-5-4-6-8-15;1-2-5-13(6-3-1)18-16-11-14(8-9-17(16)20-21-18)15-7-4-10-19-12-15;8-6(9)5-2-1-3-7-4-5/h4-13,16-17H,14-15,18H2,1-3H3;4-10,13H,11-12,14H2,1-3H3;1-12H,(H,20,21);1-4,8-9H. The van der Waals surface area contributed by atoms with Gasteiger partial charge in [-0.05, 0) is 106 Å². The molecule has 0 amide bonds. The van der Waals surface area contributed by atoms with Gasteiger partial charge in [-0.1, -0.05) is 161 Å². The van der Waals surface area contributed by atoms with Gasteiger partial charge >= 0.3 is 7.12 Å². The second kappa shape index (κ2) is 28.5. The molecule has 0 fully saturated rings. The van der Waals surface area contributed by atoms with Gasteiger partial charge in [0.2, 0.25) is 0 Å². The van der Waals surface area contributed by atoms with Crippen LogP contribution in [0.15, 0.2) is 219 Å². The van der Waals surface area contributed by atoms with Crippen molar-refractivity contribution in [2.75, 3.05) is 13.2 Å². The van der Waals surface area contributed by atoms with Crippen molar-refractivity contribution < 1.29 is 19.5 Å². The van der Waals surface area contributed by atoms with Crippen LogP contribution in [0.3, 0.4) is 0 Å². The summed E-state index contributed by atoms with van der Waals surface area (Å²) in [6.45, 7) is 16.8. The summed E-state index contributed by atoms with van der Waals surface area (Å²) in [5, 5.41) is 37.8. The van der Waals surface area contributed by atoms with Gasteiger partial charge in [-0.3, -0.25) is 20.1 Å². The summed E-state index contributed by atoms with van der Waals surface area (Å²) in [6.07, 6.45) is 10.3. The fourth-order valence-electron chi connectivity index (χ4n) is 8.99. The number of pyridine rings is 3. The van der Waals surface area contributed by atoms with Crippen LogP contribution >= 0.6 is 22.6 Å². The molecule has 0 unspecified atom stereocenters. The van der Waals surface area contributed by atoms with Crippen LogP contribution in [-0.2, 0) is 22.9 Å². The number of rotatable bonds is 16. The molecule has 6 aromatic heterocycles. The number of H-pyrrole nitrogens is 1. The lowest BCUT2D eigenvalue weighted by molar-refractivity contribution is 0.0818. The van der Waals surface area contributed by atoms with Gasteiger partial charge in [0.15, 0.2) is 0 Å². The van der Waals surface area contributed by atoms with Crippen LogP contribution in [0.5, 0.6) is 0 Å². The van der Waals surface area contributed by atoms with E-state index < -0.39 is 23.3 Å². The van der Waals surface area contributed by atoms with Crippen molar-refractivity contribution in [2.45, 2.75) is 64.8 Å². The zero-order valence-corrected chi connectivity index (χ0v) is 51.9. The Labute approximate surface area is 501 Å². The van der Waals surface area contributed by atoms with Crippen molar-refractivity contribution in [1.29, 1.82) is 0 Å². The molecule has 0 radical (unpaired) electrons. The molecule has 0 atom stereocenters. The van der Waals surface area contributed by atoms with Gasteiger partial charge in [-0.2, -0.15) is 15.3 Å². The molecule has 6 aromatic carbocycles. The largest absolute Gasteiger partial charge is 0.490 e. The molecule has 13 nitrogen and oxygen atoms in total. The minimum absolute atomic E-state index is 0.414. The Morgan fingerprint density at radius 2 is 0.892 bits per heavy atom. The highest BCUT2D eigenvalue weighted by molar-refractivity contribution is 14.1. The van der Waals surface area contributed by atoms with Crippen molar-refractivity contribution in [3.05, 3.63) is 223 Å². The van der Waals surface area contributed by atoms with Crippen LogP contribution in [0.2, 0.25) is 51.4 Å². The van der Waals surface area contributed by atoms with Crippen molar-refractivity contribution in [1.82, 2.24) is 44.7 Å². The highest BCUT2D eigenvalue weighted by Gasteiger charge is 2.18. The Morgan fingerprint density at radius 3 is 1.34 bits per heavy atom. The summed E-state index contributed by atoms with van der Waals surface area (Å²) < 4.78 is 17.1. The van der Waals surface area contributed by atoms with Gasteiger partial charge in [0.25, 0.3) is 0 Å². The highest BCUT2D eigenvalue weighted by atomic mass is 127. The molecule has 0 bridgehead atoms. The van der Waals surface area contributed by atoms with Crippen LogP contribution in [0.25, 0.3) is 88.7 Å². The van der Waals surface area contributed by atoms with E-state index in [2.05, 4.69) is 214 Å². The molecule has 0 aliphatic heterocycles. The van der Waals surface area contributed by atoms with E-state index in [0.29, 0.717) is 18.9 Å². The normalized spacial score (nSPS) is 11.3. The smallest absolute Gasteiger partial charge is 0.423 e. The Bertz CT molecular complexity index is 3940. The molecule has 0 saturated heterocycles. The van der Waals surface area contributed by atoms with Gasteiger partial charge in [0.05, 0.1) is 22.2 Å². The summed E-state index contributed by atoms with van der Waals surface area (Å²) in [7, 11) is -3.57. The van der Waals surface area contributed by atoms with E-state index in [4.69, 9.17) is 29.7 Å². The Morgan fingerprint density at radius 1 is 0.458 bits per heavy atom. The number of ether oxygens (including phenoxy) is 2. The molecule has 0 spiro atoms. The number of aromatic amines is 1. The third-order valence-electron chi connectivity index (χ3n) is 13.6. The second-order valence-corrected chi connectivity index (χ2v) is 34.8. The summed E-state index contributed by atoms with van der Waals surface area (Å²) in [4.78, 5) is 12.1. The zero-order chi connectivity index (χ0) is 58.2. The summed E-state index contributed by atoms with van der Waals surface area (Å²) in [5.74, 6) is 0. The van der Waals surface area contributed by atoms with Crippen molar-refractivity contribution in [2.24, 2.45) is 0 Å². The molecular weight excluding hydrogens is 1180 g/mol. The highest BCUT2D eigenvalue weighted by Crippen LogP contribution is 2.34. The van der Waals surface area contributed by atoms with Crippen LogP contribution in [-0.4, -0.2) is 91.2 Å². The maximum atomic E-state index is 8.54. The minimum atomic E-state index is -1.40. The molecule has 0 aliphatic rings. The van der Waals surface area contributed by atoms with Gasteiger partial charge in [-0.25, -0.2) is 9.36 Å². The number of hydrogen-bond acceptors (Lipinski definition) is 10. The topological polar surface area (TPSA) is 162 Å². The zero-order valence-electron chi connectivity index (χ0n) is 47.8. The lowest BCUT2D eigenvalue weighted by Gasteiger charge is -2.15. The summed E-state index contributed by atoms with van der Waals surface area (Å²) in [5.41, 5.74) is 14.5. The van der Waals surface area contributed by atoms with Gasteiger partial charge in [-0.15, -0.1) is 0 Å². The van der Waals surface area contributed by atoms with Crippen LogP contribution in [0.4, 0.5) is 0 Å². The van der Waals surface area contributed by atoms with Crippen LogP contribution < -0.4 is 5.46 Å². The summed E-state index contributed by atoms with van der Waals surface area (Å²) >= 11 is 2.35. The number of fused-ring (bicyclic) bond motifs is 3. The molecule has 17 heteroatoms. The molecular formula is C66H69BIN9O4Si2. The third kappa shape index (κ3) is 16.7. The molecule has 0 aliphatic carbocycles. The molecule has 6 heterocycles. The lowest BCUT2D eigenvalue weighted by Crippen LogP contribution is -2.29. The van der Waals surface area contributed by atoms with E-state index in [-0.39, 0.29) is 0 Å². The van der Waals surface area contributed by atoms with Crippen LogP contribution in [0.1, 0.15) is 0 Å². The Kier molecular flexibility index (Phi) is 20.5. The van der Waals surface area contributed by atoms with Crippen molar-refractivity contribution in [3.63, 3.8) is 0 Å². The van der Waals surface area contributed by atoms with E-state index in [1.54, 1.807) is 30.7 Å². The van der Waals surface area contributed by atoms with E-state index in [0.717, 1.165) is 103 Å². The first-order valence-electron chi connectivity index (χ1n) is 27.7. The maximum Gasteiger partial charge on any atom is 0.490 e. The number of halogens is 1. The number of nitrogens with zero attached hydrogens (tertiary/aromatic N) is 8. The lowest BCUT2D eigenvalue weighted by atomic mass is 9.82. The average molecular weight is 1250 g/mol. The first kappa shape index (κ1) is 59.9. The molecule has 12 aromatic rings. The molecule has 420 valence electrons. The predicted octanol–water partition coefficient (Wildman–Crippen LogP) is 14.8. The van der Waals surface area contributed by atoms with Crippen LogP contribution in [0, 0.1) is 3.57 Å². The molecule has 0 saturated carbocycles. The minimum Gasteiger partial charge on any atom is -0.423 e. The first-order chi connectivity index (χ1) is 40.2. The predicted molar refractivity (Wildman–Crippen MR) is 353 cm³/mol. The van der Waals surface area contributed by atoms with Gasteiger partial charge in [0, 0.05) is 120 Å². The fraction of sp³-hybridized carbons (Fsp3) is 0.182. The number of aromatic nitrogens is 9. The number of benzene rings is 6. The number of nitrogens with one attached hydrogen (secondary N) is 1. The molecule has 83 heavy (non-hydrogen) atoms.